The maximum atomic E-state index is 5.23. The normalized spacial score (nSPS) is 12.5. The molecule has 1 aliphatic rings. The highest BCUT2D eigenvalue weighted by molar-refractivity contribution is 6.14. The summed E-state index contributed by atoms with van der Waals surface area (Å²) < 4.78 is 0. The van der Waals surface area contributed by atoms with Crippen molar-refractivity contribution < 1.29 is 0 Å². The fraction of sp³-hybridized carbons (Fsp3) is 0.0213. The van der Waals surface area contributed by atoms with Crippen LogP contribution in [0.25, 0.3) is 83.3 Å². The molecular weight excluding hydrogens is 607 g/mol. The van der Waals surface area contributed by atoms with Crippen molar-refractivity contribution in [1.82, 2.24) is 15.3 Å². The second-order valence-corrected chi connectivity index (χ2v) is 12.7. The van der Waals surface area contributed by atoms with Gasteiger partial charge >= 0.3 is 0 Å². The molecule has 0 unspecified atom stereocenters. The van der Waals surface area contributed by atoms with Gasteiger partial charge in [0.2, 0.25) is 0 Å². The summed E-state index contributed by atoms with van der Waals surface area (Å²) >= 11 is 0. The van der Waals surface area contributed by atoms with Crippen molar-refractivity contribution >= 4 is 27.1 Å². The molecule has 9 rings (SSSR count). The molecule has 50 heavy (non-hydrogen) atoms. The summed E-state index contributed by atoms with van der Waals surface area (Å²) in [6, 6.07) is 58.1. The van der Waals surface area contributed by atoms with Crippen LogP contribution in [0.3, 0.4) is 0 Å². The molecule has 0 bridgehead atoms. The predicted molar refractivity (Wildman–Crippen MR) is 209 cm³/mol. The minimum absolute atomic E-state index is 0.701. The van der Waals surface area contributed by atoms with Gasteiger partial charge in [0.1, 0.15) is 0 Å². The minimum atomic E-state index is 0.701. The Labute approximate surface area is 292 Å². The summed E-state index contributed by atoms with van der Waals surface area (Å²) in [7, 11) is 0. The van der Waals surface area contributed by atoms with Gasteiger partial charge in [0.25, 0.3) is 0 Å². The molecule has 0 saturated carbocycles. The van der Waals surface area contributed by atoms with Crippen LogP contribution >= 0.6 is 0 Å². The van der Waals surface area contributed by atoms with E-state index >= 15 is 0 Å². The maximum Gasteiger partial charge on any atom is 0.160 e. The van der Waals surface area contributed by atoms with Gasteiger partial charge in [0, 0.05) is 29.4 Å². The van der Waals surface area contributed by atoms with Crippen molar-refractivity contribution in [3.63, 3.8) is 0 Å². The molecule has 0 fully saturated rings. The zero-order valence-corrected chi connectivity index (χ0v) is 27.4. The third kappa shape index (κ3) is 5.65. The minimum Gasteiger partial charge on any atom is -0.387 e. The third-order valence-electron chi connectivity index (χ3n) is 9.48. The van der Waals surface area contributed by atoms with Gasteiger partial charge in [-0.15, -0.1) is 0 Å². The van der Waals surface area contributed by atoms with Crippen molar-refractivity contribution in [2.45, 2.75) is 0 Å². The fourth-order valence-electron chi connectivity index (χ4n) is 6.96. The first-order valence-corrected chi connectivity index (χ1v) is 17.0. The Balaban J connectivity index is 1.25. The van der Waals surface area contributed by atoms with E-state index in [1.165, 1.54) is 38.2 Å². The second kappa shape index (κ2) is 12.8. The molecule has 0 atom stereocenters. The quantitative estimate of drug-likeness (QED) is 0.184. The first-order valence-electron chi connectivity index (χ1n) is 17.0. The number of hydrogen-bond acceptors (Lipinski definition) is 3. The van der Waals surface area contributed by atoms with E-state index in [9.17, 15) is 0 Å². The molecular formula is C47H33N3. The zero-order chi connectivity index (χ0) is 33.3. The molecule has 0 amide bonds. The first-order chi connectivity index (χ1) is 24.8. The molecule has 1 aliphatic heterocycles. The van der Waals surface area contributed by atoms with E-state index in [1.807, 2.05) is 24.3 Å². The summed E-state index contributed by atoms with van der Waals surface area (Å²) in [4.78, 5) is 10.4. The van der Waals surface area contributed by atoms with Crippen LogP contribution in [0.1, 0.15) is 5.56 Å². The number of benzene rings is 7. The van der Waals surface area contributed by atoms with E-state index in [0.717, 1.165) is 51.3 Å². The first kappa shape index (κ1) is 29.6. The lowest BCUT2D eigenvalue weighted by molar-refractivity contribution is 0.976. The van der Waals surface area contributed by atoms with Crippen molar-refractivity contribution in [1.29, 1.82) is 0 Å². The zero-order valence-electron chi connectivity index (χ0n) is 27.4. The Hall–Kier alpha value is -6.58. The van der Waals surface area contributed by atoms with E-state index in [0.29, 0.717) is 5.82 Å². The Kier molecular flexibility index (Phi) is 7.56. The average molecular weight is 640 g/mol. The highest BCUT2D eigenvalue weighted by atomic mass is 14.9. The Morgan fingerprint density at radius 2 is 1.00 bits per heavy atom. The molecule has 1 N–H and O–H groups in total. The smallest absolute Gasteiger partial charge is 0.160 e. The molecule has 8 aromatic rings. The summed E-state index contributed by atoms with van der Waals surface area (Å²) in [5.74, 6) is 0.701. The van der Waals surface area contributed by atoms with Crippen LogP contribution in [0.2, 0.25) is 0 Å². The van der Waals surface area contributed by atoms with Crippen molar-refractivity contribution in [3.8, 4) is 56.2 Å². The van der Waals surface area contributed by atoms with Crippen molar-refractivity contribution in [3.05, 3.63) is 188 Å². The number of rotatable bonds is 6. The number of allylic oxidation sites excluding steroid dienone is 2. The molecule has 0 radical (unpaired) electrons. The lowest BCUT2D eigenvalue weighted by Crippen LogP contribution is -2.08. The Bertz CT molecular complexity index is 2570. The van der Waals surface area contributed by atoms with Crippen LogP contribution in [0.4, 0.5) is 0 Å². The van der Waals surface area contributed by atoms with Gasteiger partial charge in [-0.1, -0.05) is 146 Å². The summed E-state index contributed by atoms with van der Waals surface area (Å²) in [6.45, 7) is 0.824. The highest BCUT2D eigenvalue weighted by Crippen LogP contribution is 2.39. The van der Waals surface area contributed by atoms with Gasteiger partial charge in [-0.3, -0.25) is 0 Å². The van der Waals surface area contributed by atoms with Gasteiger partial charge in [0.05, 0.1) is 11.4 Å². The number of nitrogens with one attached hydrogen (secondary N) is 1. The van der Waals surface area contributed by atoms with E-state index < -0.39 is 0 Å². The van der Waals surface area contributed by atoms with Crippen molar-refractivity contribution in [2.75, 3.05) is 6.54 Å². The maximum absolute atomic E-state index is 5.23. The summed E-state index contributed by atoms with van der Waals surface area (Å²) in [6.07, 6.45) is 6.48. The second-order valence-electron chi connectivity index (χ2n) is 12.7. The van der Waals surface area contributed by atoms with E-state index in [4.69, 9.17) is 9.97 Å². The molecule has 7 aromatic carbocycles. The van der Waals surface area contributed by atoms with Crippen LogP contribution < -0.4 is 5.32 Å². The largest absolute Gasteiger partial charge is 0.387 e. The monoisotopic (exact) mass is 639 g/mol. The van der Waals surface area contributed by atoms with Gasteiger partial charge in [-0.25, -0.2) is 9.97 Å². The van der Waals surface area contributed by atoms with Gasteiger partial charge in [-0.2, -0.15) is 0 Å². The molecule has 2 heterocycles. The van der Waals surface area contributed by atoms with E-state index in [1.54, 1.807) is 0 Å². The number of hydrogen-bond donors (Lipinski definition) is 1. The van der Waals surface area contributed by atoms with Crippen molar-refractivity contribution in [2.24, 2.45) is 0 Å². The van der Waals surface area contributed by atoms with Gasteiger partial charge in [-0.05, 0) is 85.3 Å². The SMILES string of the molecule is C1=CC(c2cc(-c3cc(-c4ccc(-c5ccccc5)cc4)nc(-c4ccccc4)n3)cc(-c3cc4ccccc4c4ccccc34)c2)=CNC1. The molecule has 3 nitrogen and oxygen atoms in total. The van der Waals surface area contributed by atoms with Crippen LogP contribution in [0.5, 0.6) is 0 Å². The number of aromatic nitrogens is 2. The number of dihydropyridines is 1. The van der Waals surface area contributed by atoms with Gasteiger partial charge < -0.3 is 5.32 Å². The Morgan fingerprint density at radius 3 is 1.74 bits per heavy atom. The molecule has 3 heteroatoms. The van der Waals surface area contributed by atoms with E-state index in [2.05, 4.69) is 163 Å². The predicted octanol–water partition coefficient (Wildman–Crippen LogP) is 11.6. The lowest BCUT2D eigenvalue weighted by Gasteiger charge is -2.16. The van der Waals surface area contributed by atoms with Gasteiger partial charge in [0.15, 0.2) is 5.82 Å². The topological polar surface area (TPSA) is 37.8 Å². The summed E-state index contributed by atoms with van der Waals surface area (Å²) in [5, 5.41) is 8.37. The number of nitrogens with zero attached hydrogens (tertiary/aromatic N) is 2. The standard InChI is InChI=1S/C47H33N3/c1-3-12-32(13-4-1)33-21-23-34(24-22-33)45-30-46(50-47(49-45)35-14-5-2-6-15-35)40-27-38(37-17-11-25-48-31-37)26-39(28-40)44-29-36-16-7-8-18-41(36)42-19-9-10-20-43(42)44/h1-24,26-31,48H,25H2. The van der Waals surface area contributed by atoms with Crippen LogP contribution in [-0.4, -0.2) is 16.5 Å². The fourth-order valence-corrected chi connectivity index (χ4v) is 6.96. The lowest BCUT2D eigenvalue weighted by atomic mass is 9.89. The molecule has 0 aliphatic carbocycles. The molecule has 0 spiro atoms. The molecule has 0 saturated heterocycles. The van der Waals surface area contributed by atoms with E-state index in [-0.39, 0.29) is 0 Å². The highest BCUT2D eigenvalue weighted by Gasteiger charge is 2.16. The average Bonchev–Trinajstić information content (AvgIpc) is 3.21. The number of fused-ring (bicyclic) bond motifs is 3. The third-order valence-corrected chi connectivity index (χ3v) is 9.48. The summed E-state index contributed by atoms with van der Waals surface area (Å²) in [5.41, 5.74) is 11.8. The molecule has 236 valence electrons. The van der Waals surface area contributed by atoms with Crippen LogP contribution in [0, 0.1) is 0 Å². The van der Waals surface area contributed by atoms with Crippen LogP contribution in [0.15, 0.2) is 182 Å². The van der Waals surface area contributed by atoms with Crippen LogP contribution in [-0.2, 0) is 0 Å². The Morgan fingerprint density at radius 1 is 0.420 bits per heavy atom. The molecule has 1 aromatic heterocycles.